The molecule has 0 amide bonds. The molecule has 0 N–H and O–H groups in total. The standard InChI is InChI=1S/C23H22N4O3S/c1-23(2,3)21-24-16-7-5-4-6-15(16)20-25-26-22(27(20)21)31-13-17(28)14-8-9-18-19(12-14)30-11-10-29-18/h4-9,12H,10-11,13H2,1-3H3. The molecule has 3 heterocycles. The predicted molar refractivity (Wildman–Crippen MR) is 119 cm³/mol. The summed E-state index contributed by atoms with van der Waals surface area (Å²) in [6.45, 7) is 7.34. The van der Waals surface area contributed by atoms with E-state index in [1.54, 1.807) is 18.2 Å². The van der Waals surface area contributed by atoms with Gasteiger partial charge in [0, 0.05) is 16.4 Å². The van der Waals surface area contributed by atoms with Crippen LogP contribution in [0.5, 0.6) is 11.5 Å². The summed E-state index contributed by atoms with van der Waals surface area (Å²) in [5.41, 5.74) is 2.01. The molecule has 1 aliphatic rings. The van der Waals surface area contributed by atoms with Crippen molar-refractivity contribution in [3.05, 3.63) is 53.9 Å². The summed E-state index contributed by atoms with van der Waals surface area (Å²) in [6.07, 6.45) is 0. The summed E-state index contributed by atoms with van der Waals surface area (Å²) < 4.78 is 13.1. The van der Waals surface area contributed by atoms with Gasteiger partial charge >= 0.3 is 0 Å². The van der Waals surface area contributed by atoms with Gasteiger partial charge in [-0.3, -0.25) is 9.20 Å². The van der Waals surface area contributed by atoms with Crippen LogP contribution in [0.2, 0.25) is 0 Å². The molecule has 4 aromatic rings. The number of thioether (sulfide) groups is 1. The summed E-state index contributed by atoms with van der Waals surface area (Å²) in [5, 5.41) is 10.4. The van der Waals surface area contributed by atoms with Gasteiger partial charge in [-0.2, -0.15) is 0 Å². The molecule has 0 fully saturated rings. The van der Waals surface area contributed by atoms with Gasteiger partial charge in [0.15, 0.2) is 28.1 Å². The van der Waals surface area contributed by atoms with Gasteiger partial charge in [0.1, 0.15) is 19.0 Å². The maximum absolute atomic E-state index is 12.9. The smallest absolute Gasteiger partial charge is 0.197 e. The van der Waals surface area contributed by atoms with Crippen molar-refractivity contribution in [2.45, 2.75) is 31.3 Å². The Morgan fingerprint density at radius 1 is 1.06 bits per heavy atom. The van der Waals surface area contributed by atoms with Crippen molar-refractivity contribution in [1.29, 1.82) is 0 Å². The van der Waals surface area contributed by atoms with Gasteiger partial charge < -0.3 is 9.47 Å². The number of nitrogens with zero attached hydrogens (tertiary/aromatic N) is 4. The fraction of sp³-hybridized carbons (Fsp3) is 0.304. The fourth-order valence-corrected chi connectivity index (χ4v) is 4.41. The molecule has 0 saturated heterocycles. The van der Waals surface area contributed by atoms with Crippen LogP contribution in [0.3, 0.4) is 0 Å². The zero-order valence-electron chi connectivity index (χ0n) is 17.6. The zero-order chi connectivity index (χ0) is 21.6. The lowest BCUT2D eigenvalue weighted by Crippen LogP contribution is -2.19. The number of ketones is 1. The number of carbonyl (C=O) groups is 1. The number of hydrogen-bond acceptors (Lipinski definition) is 7. The molecule has 0 atom stereocenters. The van der Waals surface area contributed by atoms with Crippen LogP contribution in [0.4, 0.5) is 0 Å². The lowest BCUT2D eigenvalue weighted by molar-refractivity contribution is 0.102. The lowest BCUT2D eigenvalue weighted by atomic mass is 9.95. The van der Waals surface area contributed by atoms with Gasteiger partial charge in [0.05, 0.1) is 11.3 Å². The molecule has 0 spiro atoms. The van der Waals surface area contributed by atoms with Crippen molar-refractivity contribution in [3.63, 3.8) is 0 Å². The first kappa shape index (κ1) is 19.8. The second kappa shape index (κ2) is 7.53. The second-order valence-electron chi connectivity index (χ2n) is 8.41. The molecule has 8 heteroatoms. The molecule has 1 aliphatic heterocycles. The molecule has 0 saturated carbocycles. The lowest BCUT2D eigenvalue weighted by Gasteiger charge is -2.20. The van der Waals surface area contributed by atoms with Gasteiger partial charge in [-0.15, -0.1) is 10.2 Å². The number of rotatable bonds is 4. The van der Waals surface area contributed by atoms with E-state index in [2.05, 4.69) is 31.0 Å². The summed E-state index contributed by atoms with van der Waals surface area (Å²) >= 11 is 1.36. The van der Waals surface area contributed by atoms with Gasteiger partial charge in [0.2, 0.25) is 0 Å². The molecule has 0 bridgehead atoms. The maximum Gasteiger partial charge on any atom is 0.197 e. The minimum Gasteiger partial charge on any atom is -0.486 e. The van der Waals surface area contributed by atoms with Crippen molar-refractivity contribution in [3.8, 4) is 11.5 Å². The third-order valence-electron chi connectivity index (χ3n) is 5.08. The highest BCUT2D eigenvalue weighted by atomic mass is 32.2. The Hall–Kier alpha value is -3.13. The SMILES string of the molecule is CC(C)(C)c1nc2ccccc2c2nnc(SCC(=O)c3ccc4c(c3)OCCO4)n12. The van der Waals surface area contributed by atoms with Gasteiger partial charge in [-0.05, 0) is 30.3 Å². The van der Waals surface area contributed by atoms with E-state index in [1.807, 2.05) is 28.7 Å². The molecule has 0 unspecified atom stereocenters. The Morgan fingerprint density at radius 3 is 2.65 bits per heavy atom. The molecule has 2 aromatic carbocycles. The van der Waals surface area contributed by atoms with Crippen LogP contribution in [0, 0.1) is 0 Å². The van der Waals surface area contributed by atoms with E-state index < -0.39 is 0 Å². The first-order chi connectivity index (χ1) is 14.9. The number of hydrogen-bond donors (Lipinski definition) is 0. The monoisotopic (exact) mass is 434 g/mol. The third kappa shape index (κ3) is 3.61. The third-order valence-corrected chi connectivity index (χ3v) is 6.01. The highest BCUT2D eigenvalue weighted by molar-refractivity contribution is 7.99. The number of ether oxygens (including phenoxy) is 2. The zero-order valence-corrected chi connectivity index (χ0v) is 18.4. The van der Waals surface area contributed by atoms with E-state index in [0.29, 0.717) is 35.4 Å². The summed E-state index contributed by atoms with van der Waals surface area (Å²) in [7, 11) is 0. The van der Waals surface area contributed by atoms with Crippen molar-refractivity contribution in [2.24, 2.45) is 0 Å². The maximum atomic E-state index is 12.9. The molecule has 0 aliphatic carbocycles. The van der Waals surface area contributed by atoms with Crippen LogP contribution in [0.1, 0.15) is 37.0 Å². The van der Waals surface area contributed by atoms with E-state index in [1.165, 1.54) is 11.8 Å². The molecule has 158 valence electrons. The molecule has 31 heavy (non-hydrogen) atoms. The number of aromatic nitrogens is 4. The van der Waals surface area contributed by atoms with E-state index >= 15 is 0 Å². The first-order valence-electron chi connectivity index (χ1n) is 10.1. The highest BCUT2D eigenvalue weighted by Crippen LogP contribution is 2.32. The van der Waals surface area contributed by atoms with Crippen LogP contribution in [-0.2, 0) is 5.41 Å². The molecule has 7 nitrogen and oxygen atoms in total. The minimum atomic E-state index is -0.222. The van der Waals surface area contributed by atoms with E-state index in [-0.39, 0.29) is 17.0 Å². The number of Topliss-reactive ketones (excluding diaryl/α,β-unsaturated/α-hetero) is 1. The molecule has 0 radical (unpaired) electrons. The highest BCUT2D eigenvalue weighted by Gasteiger charge is 2.25. The Labute approximate surface area is 183 Å². The van der Waals surface area contributed by atoms with Crippen LogP contribution in [0.15, 0.2) is 47.6 Å². The van der Waals surface area contributed by atoms with Crippen molar-refractivity contribution >= 4 is 34.1 Å². The first-order valence-corrected chi connectivity index (χ1v) is 11.1. The minimum absolute atomic E-state index is 0.00946. The summed E-state index contributed by atoms with van der Waals surface area (Å²) in [5.74, 6) is 2.37. The van der Waals surface area contributed by atoms with Gasteiger partial charge in [0.25, 0.3) is 0 Å². The van der Waals surface area contributed by atoms with Crippen LogP contribution in [-0.4, -0.2) is 44.3 Å². The van der Waals surface area contributed by atoms with Crippen LogP contribution in [0.25, 0.3) is 16.6 Å². The Balaban J connectivity index is 1.48. The number of para-hydroxylation sites is 1. The van der Waals surface area contributed by atoms with Crippen molar-refractivity contribution in [1.82, 2.24) is 19.6 Å². The Morgan fingerprint density at radius 2 is 1.84 bits per heavy atom. The summed E-state index contributed by atoms with van der Waals surface area (Å²) in [6, 6.07) is 13.2. The second-order valence-corrected chi connectivity index (χ2v) is 9.36. The molecule has 2 aromatic heterocycles. The number of carbonyl (C=O) groups excluding carboxylic acids is 1. The summed E-state index contributed by atoms with van der Waals surface area (Å²) in [4.78, 5) is 17.8. The topological polar surface area (TPSA) is 78.6 Å². The van der Waals surface area contributed by atoms with Gasteiger partial charge in [-0.25, -0.2) is 4.98 Å². The average Bonchev–Trinajstić information content (AvgIpc) is 3.20. The van der Waals surface area contributed by atoms with Crippen molar-refractivity contribution < 1.29 is 14.3 Å². The normalized spacial score (nSPS) is 13.6. The largest absolute Gasteiger partial charge is 0.486 e. The molecular formula is C23H22N4O3S. The quantitative estimate of drug-likeness (QED) is 0.350. The Bertz CT molecular complexity index is 1310. The van der Waals surface area contributed by atoms with Gasteiger partial charge in [-0.1, -0.05) is 44.7 Å². The average molecular weight is 435 g/mol. The molecule has 5 rings (SSSR count). The Kier molecular flexibility index (Phi) is 4.81. The van der Waals surface area contributed by atoms with Crippen LogP contribution < -0.4 is 9.47 Å². The van der Waals surface area contributed by atoms with Crippen LogP contribution >= 0.6 is 11.8 Å². The van der Waals surface area contributed by atoms with Crippen molar-refractivity contribution in [2.75, 3.05) is 19.0 Å². The number of fused-ring (bicyclic) bond motifs is 4. The molecular weight excluding hydrogens is 412 g/mol. The fourth-order valence-electron chi connectivity index (χ4n) is 3.59. The number of benzene rings is 2. The van der Waals surface area contributed by atoms with E-state index in [9.17, 15) is 4.79 Å². The predicted octanol–water partition coefficient (Wildman–Crippen LogP) is 4.32. The van der Waals surface area contributed by atoms with E-state index in [0.717, 1.165) is 22.4 Å². The van der Waals surface area contributed by atoms with E-state index in [4.69, 9.17) is 14.5 Å².